The fourth-order valence-corrected chi connectivity index (χ4v) is 4.65. The Bertz CT molecular complexity index is 1040. The number of hydrogen-bond acceptors (Lipinski definition) is 5. The van der Waals surface area contributed by atoms with E-state index in [0.717, 1.165) is 49.3 Å². The van der Waals surface area contributed by atoms with E-state index in [-0.39, 0.29) is 5.92 Å². The van der Waals surface area contributed by atoms with Crippen LogP contribution in [-0.4, -0.2) is 46.3 Å². The van der Waals surface area contributed by atoms with E-state index in [9.17, 15) is 13.2 Å². The van der Waals surface area contributed by atoms with Gasteiger partial charge in [-0.25, -0.2) is 9.97 Å². The molecular formula is C20H21F3N6. The van der Waals surface area contributed by atoms with Gasteiger partial charge in [-0.15, -0.1) is 0 Å². The predicted octanol–water partition coefficient (Wildman–Crippen LogP) is 3.05. The number of benzene rings is 1. The van der Waals surface area contributed by atoms with Gasteiger partial charge < -0.3 is 10.2 Å². The van der Waals surface area contributed by atoms with Gasteiger partial charge in [0.15, 0.2) is 0 Å². The number of nitrogens with zero attached hydrogens (tertiary/aromatic N) is 4. The molecule has 9 heteroatoms. The second-order valence-electron chi connectivity index (χ2n) is 7.66. The fraction of sp³-hybridized carbons (Fsp3) is 0.450. The molecule has 29 heavy (non-hydrogen) atoms. The Morgan fingerprint density at radius 1 is 1.10 bits per heavy atom. The number of fused-ring (bicyclic) bond motifs is 2. The number of halogens is 3. The quantitative estimate of drug-likeness (QED) is 0.690. The Morgan fingerprint density at radius 3 is 2.72 bits per heavy atom. The first-order valence-corrected chi connectivity index (χ1v) is 9.84. The SMILES string of the molecule is FC(F)(F)c1ccc2[nH]ncc2c1C1CCc2c(ncnc2N2CCNCC2)C1. The number of aromatic amines is 1. The summed E-state index contributed by atoms with van der Waals surface area (Å²) in [5.41, 5.74) is 2.33. The van der Waals surface area contributed by atoms with E-state index in [2.05, 4.69) is 30.4 Å². The zero-order valence-corrected chi connectivity index (χ0v) is 15.8. The molecule has 2 aromatic heterocycles. The average Bonchev–Trinajstić information content (AvgIpc) is 3.21. The van der Waals surface area contributed by atoms with Gasteiger partial charge in [0.25, 0.3) is 0 Å². The van der Waals surface area contributed by atoms with E-state index < -0.39 is 11.7 Å². The molecule has 1 fully saturated rings. The fourth-order valence-electron chi connectivity index (χ4n) is 4.65. The molecule has 1 aromatic carbocycles. The van der Waals surface area contributed by atoms with Crippen LogP contribution in [-0.2, 0) is 19.0 Å². The molecule has 3 aromatic rings. The minimum atomic E-state index is -4.40. The largest absolute Gasteiger partial charge is 0.416 e. The minimum Gasteiger partial charge on any atom is -0.354 e. The Morgan fingerprint density at radius 2 is 1.93 bits per heavy atom. The van der Waals surface area contributed by atoms with Gasteiger partial charge in [0.1, 0.15) is 12.1 Å². The van der Waals surface area contributed by atoms with E-state index in [1.54, 1.807) is 6.33 Å². The molecule has 1 aliphatic heterocycles. The first kappa shape index (κ1) is 18.4. The molecule has 2 aliphatic rings. The second kappa shape index (κ2) is 6.98. The summed E-state index contributed by atoms with van der Waals surface area (Å²) in [6.45, 7) is 3.55. The molecule has 152 valence electrons. The van der Waals surface area contributed by atoms with Gasteiger partial charge in [-0.1, -0.05) is 0 Å². The van der Waals surface area contributed by atoms with E-state index >= 15 is 0 Å². The van der Waals surface area contributed by atoms with Crippen LogP contribution < -0.4 is 10.2 Å². The number of H-pyrrole nitrogens is 1. The molecule has 0 bridgehead atoms. The highest BCUT2D eigenvalue weighted by atomic mass is 19.4. The van der Waals surface area contributed by atoms with Gasteiger partial charge in [-0.3, -0.25) is 5.10 Å². The minimum absolute atomic E-state index is 0.258. The third-order valence-electron chi connectivity index (χ3n) is 5.99. The molecule has 1 atom stereocenters. The molecule has 0 spiro atoms. The lowest BCUT2D eigenvalue weighted by Gasteiger charge is -2.33. The van der Waals surface area contributed by atoms with Gasteiger partial charge in [0, 0.05) is 42.8 Å². The average molecular weight is 402 g/mol. The number of aromatic nitrogens is 4. The van der Waals surface area contributed by atoms with Gasteiger partial charge in [-0.05, 0) is 42.9 Å². The molecule has 1 aliphatic carbocycles. The number of nitrogens with one attached hydrogen (secondary N) is 2. The highest BCUT2D eigenvalue weighted by Crippen LogP contribution is 2.43. The van der Waals surface area contributed by atoms with Gasteiger partial charge in [-0.2, -0.15) is 18.3 Å². The van der Waals surface area contributed by atoms with Gasteiger partial charge in [0.2, 0.25) is 0 Å². The number of alkyl halides is 3. The van der Waals surface area contributed by atoms with Crippen molar-refractivity contribution < 1.29 is 13.2 Å². The monoisotopic (exact) mass is 402 g/mol. The maximum atomic E-state index is 13.8. The van der Waals surface area contributed by atoms with Crippen molar-refractivity contribution >= 4 is 16.7 Å². The smallest absolute Gasteiger partial charge is 0.354 e. The lowest BCUT2D eigenvalue weighted by molar-refractivity contribution is -0.138. The molecule has 2 N–H and O–H groups in total. The summed E-state index contributed by atoms with van der Waals surface area (Å²) in [7, 11) is 0. The van der Waals surface area contributed by atoms with Crippen molar-refractivity contribution in [1.82, 2.24) is 25.5 Å². The van der Waals surface area contributed by atoms with Crippen molar-refractivity contribution in [2.45, 2.75) is 31.4 Å². The molecule has 1 saturated heterocycles. The Hall–Kier alpha value is -2.68. The number of rotatable bonds is 2. The van der Waals surface area contributed by atoms with Crippen LogP contribution in [0.15, 0.2) is 24.7 Å². The van der Waals surface area contributed by atoms with Crippen LogP contribution in [0.2, 0.25) is 0 Å². The molecular weight excluding hydrogens is 381 g/mol. The van der Waals surface area contributed by atoms with Crippen LogP contribution in [0.5, 0.6) is 0 Å². The Labute approximate surface area is 165 Å². The first-order chi connectivity index (χ1) is 14.0. The zero-order chi connectivity index (χ0) is 20.0. The summed E-state index contributed by atoms with van der Waals surface area (Å²) in [5.74, 6) is 0.679. The van der Waals surface area contributed by atoms with Crippen LogP contribution in [0.3, 0.4) is 0 Å². The van der Waals surface area contributed by atoms with Crippen molar-refractivity contribution in [3.63, 3.8) is 0 Å². The van der Waals surface area contributed by atoms with Crippen LogP contribution in [0, 0.1) is 0 Å². The maximum Gasteiger partial charge on any atom is 0.416 e. The highest BCUT2D eigenvalue weighted by molar-refractivity contribution is 5.84. The van der Waals surface area contributed by atoms with Gasteiger partial charge in [0.05, 0.1) is 17.3 Å². The summed E-state index contributed by atoms with van der Waals surface area (Å²) in [6.07, 6.45) is 0.421. The molecule has 5 rings (SSSR count). The van der Waals surface area contributed by atoms with Crippen molar-refractivity contribution in [2.24, 2.45) is 0 Å². The molecule has 1 unspecified atom stereocenters. The number of anilines is 1. The molecule has 0 radical (unpaired) electrons. The normalized spacial score (nSPS) is 20.1. The van der Waals surface area contributed by atoms with Crippen LogP contribution in [0.1, 0.15) is 34.7 Å². The third-order valence-corrected chi connectivity index (χ3v) is 5.99. The van der Waals surface area contributed by atoms with Crippen molar-refractivity contribution in [3.05, 3.63) is 47.0 Å². The lowest BCUT2D eigenvalue weighted by Crippen LogP contribution is -2.44. The van der Waals surface area contributed by atoms with Crippen molar-refractivity contribution in [2.75, 3.05) is 31.1 Å². The van der Waals surface area contributed by atoms with E-state index in [1.807, 2.05) is 0 Å². The van der Waals surface area contributed by atoms with Crippen LogP contribution in [0.25, 0.3) is 10.9 Å². The van der Waals surface area contributed by atoms with E-state index in [0.29, 0.717) is 35.7 Å². The van der Waals surface area contributed by atoms with Crippen LogP contribution >= 0.6 is 0 Å². The predicted molar refractivity (Wildman–Crippen MR) is 103 cm³/mol. The molecule has 6 nitrogen and oxygen atoms in total. The van der Waals surface area contributed by atoms with E-state index in [4.69, 9.17) is 0 Å². The zero-order valence-electron chi connectivity index (χ0n) is 15.8. The summed E-state index contributed by atoms with van der Waals surface area (Å²) < 4.78 is 41.3. The highest BCUT2D eigenvalue weighted by Gasteiger charge is 2.38. The standard InChI is InChI=1S/C20H21F3N6/c21-20(22,23)15-3-4-16-14(10-27-28-16)18(15)12-1-2-13-17(9-12)25-11-26-19(13)29-7-5-24-6-8-29/h3-4,10-12,24H,1-2,5-9H2,(H,27,28). The summed E-state index contributed by atoms with van der Waals surface area (Å²) >= 11 is 0. The summed E-state index contributed by atoms with van der Waals surface area (Å²) in [4.78, 5) is 11.2. The third kappa shape index (κ3) is 3.23. The van der Waals surface area contributed by atoms with Crippen molar-refractivity contribution in [1.29, 1.82) is 0 Å². The van der Waals surface area contributed by atoms with E-state index in [1.165, 1.54) is 12.3 Å². The van der Waals surface area contributed by atoms with Crippen molar-refractivity contribution in [3.8, 4) is 0 Å². The topological polar surface area (TPSA) is 69.7 Å². The number of piperazine rings is 1. The first-order valence-electron chi connectivity index (χ1n) is 9.84. The molecule has 0 saturated carbocycles. The second-order valence-corrected chi connectivity index (χ2v) is 7.66. The van der Waals surface area contributed by atoms with Crippen LogP contribution in [0.4, 0.5) is 19.0 Å². The Balaban J connectivity index is 1.54. The maximum absolute atomic E-state index is 13.8. The summed E-state index contributed by atoms with van der Waals surface area (Å²) in [5, 5.41) is 10.6. The number of hydrogen-bond donors (Lipinski definition) is 2. The Kier molecular flexibility index (Phi) is 4.42. The lowest BCUT2D eigenvalue weighted by atomic mass is 9.79. The molecule has 3 heterocycles. The van der Waals surface area contributed by atoms with Gasteiger partial charge >= 0.3 is 6.18 Å². The molecule has 0 amide bonds. The summed E-state index contributed by atoms with van der Waals surface area (Å²) in [6, 6.07) is 2.62.